The molecule has 1 fully saturated rings. The number of hydrogen-bond acceptors (Lipinski definition) is 1. The summed E-state index contributed by atoms with van der Waals surface area (Å²) >= 11 is 0. The second-order valence-corrected chi connectivity index (χ2v) is 2.83. The van der Waals surface area contributed by atoms with Gasteiger partial charge in [-0.1, -0.05) is 0 Å². The van der Waals surface area contributed by atoms with E-state index in [1.807, 2.05) is 0 Å². The smallest absolute Gasteiger partial charge is 0.111 e. The Morgan fingerprint density at radius 2 is 2.00 bits per heavy atom. The van der Waals surface area contributed by atoms with Crippen molar-refractivity contribution >= 4 is 0 Å². The summed E-state index contributed by atoms with van der Waals surface area (Å²) in [5.74, 6) is 0. The van der Waals surface area contributed by atoms with E-state index >= 15 is 0 Å². The van der Waals surface area contributed by atoms with Crippen molar-refractivity contribution in [1.29, 1.82) is 0 Å². The van der Waals surface area contributed by atoms with Crippen LogP contribution >= 0.6 is 0 Å². The molecule has 54 valence electrons. The fourth-order valence-electron chi connectivity index (χ4n) is 0.939. The highest BCUT2D eigenvalue weighted by Gasteiger charge is 2.41. The fourth-order valence-corrected chi connectivity index (χ4v) is 0.939. The van der Waals surface area contributed by atoms with Crippen LogP contribution in [0.5, 0.6) is 0 Å². The normalized spacial score (nSPS) is 22.0. The molecule has 0 radical (unpaired) electrons. The molecule has 0 aromatic rings. The summed E-state index contributed by atoms with van der Waals surface area (Å²) in [4.78, 5) is 0. The third-order valence-electron chi connectivity index (χ3n) is 1.83. The lowest BCUT2D eigenvalue weighted by Gasteiger charge is -2.00. The van der Waals surface area contributed by atoms with Crippen molar-refractivity contribution in [3.8, 4) is 0 Å². The Bertz CT molecular complexity index is 88.9. The number of hydrogen-bond donors (Lipinski definition) is 1. The van der Waals surface area contributed by atoms with Gasteiger partial charge in [0.1, 0.15) is 5.67 Å². The highest BCUT2D eigenvalue weighted by atomic mass is 19.1. The van der Waals surface area contributed by atoms with Crippen LogP contribution < -0.4 is 0 Å². The predicted molar refractivity (Wildman–Crippen MR) is 34.0 cm³/mol. The number of aliphatic hydroxyl groups is 1. The van der Waals surface area contributed by atoms with Crippen LogP contribution in [0.25, 0.3) is 0 Å². The number of halogens is 1. The Kier molecular flexibility index (Phi) is 2.06. The van der Waals surface area contributed by atoms with Crippen molar-refractivity contribution in [3.63, 3.8) is 0 Å². The van der Waals surface area contributed by atoms with Gasteiger partial charge < -0.3 is 5.11 Å². The molecular weight excluding hydrogens is 119 g/mol. The Labute approximate surface area is 54.9 Å². The van der Waals surface area contributed by atoms with Gasteiger partial charge in [-0.2, -0.15) is 0 Å². The minimum absolute atomic E-state index is 0.204. The highest BCUT2D eigenvalue weighted by Crippen LogP contribution is 2.43. The fraction of sp³-hybridized carbons (Fsp3) is 1.00. The van der Waals surface area contributed by atoms with Crippen LogP contribution in [0, 0.1) is 0 Å². The molecule has 0 spiro atoms. The molecule has 0 saturated heterocycles. The maximum Gasteiger partial charge on any atom is 0.111 e. The van der Waals surface area contributed by atoms with Gasteiger partial charge in [-0.05, 0) is 32.1 Å². The lowest BCUT2D eigenvalue weighted by atomic mass is 10.1. The summed E-state index contributed by atoms with van der Waals surface area (Å²) in [6.45, 7) is 0.204. The molecular formula is C7H13FO. The highest BCUT2D eigenvalue weighted by molar-refractivity contribution is 4.93. The van der Waals surface area contributed by atoms with Crippen molar-refractivity contribution in [2.75, 3.05) is 6.61 Å². The molecule has 1 nitrogen and oxygen atoms in total. The molecule has 0 heterocycles. The van der Waals surface area contributed by atoms with Crippen LogP contribution in [-0.4, -0.2) is 17.4 Å². The molecule has 2 heteroatoms. The first-order chi connectivity index (χ1) is 4.27. The summed E-state index contributed by atoms with van der Waals surface area (Å²) in [5.41, 5.74) is -0.810. The molecule has 1 aliphatic carbocycles. The first-order valence-corrected chi connectivity index (χ1v) is 3.57. The second kappa shape index (κ2) is 2.65. The maximum atomic E-state index is 12.7. The molecule has 1 rings (SSSR count). The van der Waals surface area contributed by atoms with E-state index in [9.17, 15) is 4.39 Å². The topological polar surface area (TPSA) is 20.2 Å². The van der Waals surface area contributed by atoms with Crippen molar-refractivity contribution in [2.24, 2.45) is 0 Å². The average molecular weight is 132 g/mol. The van der Waals surface area contributed by atoms with E-state index in [1.54, 1.807) is 0 Å². The Morgan fingerprint density at radius 1 is 1.33 bits per heavy atom. The molecule has 0 amide bonds. The van der Waals surface area contributed by atoms with Crippen LogP contribution in [0.15, 0.2) is 0 Å². The standard InChI is InChI=1S/C7H13FO/c8-7(4-5-7)3-1-2-6-9/h9H,1-6H2. The third-order valence-corrected chi connectivity index (χ3v) is 1.83. The Balaban J connectivity index is 1.92. The molecule has 1 saturated carbocycles. The first-order valence-electron chi connectivity index (χ1n) is 3.57. The van der Waals surface area contributed by atoms with Gasteiger partial charge in [0.15, 0.2) is 0 Å². The summed E-state index contributed by atoms with van der Waals surface area (Å²) in [5, 5.41) is 8.36. The number of rotatable bonds is 4. The minimum atomic E-state index is -0.810. The van der Waals surface area contributed by atoms with Gasteiger partial charge in [-0.25, -0.2) is 4.39 Å². The largest absolute Gasteiger partial charge is 0.396 e. The summed E-state index contributed by atoms with van der Waals surface area (Å²) in [6.07, 6.45) is 3.75. The summed E-state index contributed by atoms with van der Waals surface area (Å²) < 4.78 is 12.7. The molecule has 0 aromatic heterocycles. The molecule has 0 aromatic carbocycles. The molecule has 0 unspecified atom stereocenters. The van der Waals surface area contributed by atoms with E-state index in [0.717, 1.165) is 25.7 Å². The van der Waals surface area contributed by atoms with Crippen LogP contribution in [0.2, 0.25) is 0 Å². The molecule has 9 heavy (non-hydrogen) atoms. The lowest BCUT2D eigenvalue weighted by molar-refractivity contribution is 0.250. The van der Waals surface area contributed by atoms with Crippen LogP contribution in [0.1, 0.15) is 32.1 Å². The van der Waals surface area contributed by atoms with E-state index in [2.05, 4.69) is 0 Å². The van der Waals surface area contributed by atoms with Gasteiger partial charge in [-0.3, -0.25) is 0 Å². The van der Waals surface area contributed by atoms with Gasteiger partial charge in [0, 0.05) is 6.61 Å². The van der Waals surface area contributed by atoms with Gasteiger partial charge >= 0.3 is 0 Å². The summed E-state index contributed by atoms with van der Waals surface area (Å²) in [7, 11) is 0. The van der Waals surface area contributed by atoms with E-state index in [0.29, 0.717) is 6.42 Å². The van der Waals surface area contributed by atoms with E-state index in [-0.39, 0.29) is 6.61 Å². The van der Waals surface area contributed by atoms with Crippen molar-refractivity contribution in [2.45, 2.75) is 37.8 Å². The molecule has 1 N–H and O–H groups in total. The van der Waals surface area contributed by atoms with E-state index < -0.39 is 5.67 Å². The zero-order valence-electron chi connectivity index (χ0n) is 5.57. The van der Waals surface area contributed by atoms with Crippen LogP contribution in [0.3, 0.4) is 0 Å². The van der Waals surface area contributed by atoms with Gasteiger partial charge in [-0.15, -0.1) is 0 Å². The zero-order chi connectivity index (χ0) is 6.74. The first kappa shape index (κ1) is 7.00. The van der Waals surface area contributed by atoms with Crippen molar-refractivity contribution in [3.05, 3.63) is 0 Å². The lowest BCUT2D eigenvalue weighted by Crippen LogP contribution is -1.98. The summed E-state index contributed by atoms with van der Waals surface area (Å²) in [6, 6.07) is 0. The Hall–Kier alpha value is -0.110. The number of unbranched alkanes of at least 4 members (excludes halogenated alkanes) is 1. The molecule has 0 aliphatic heterocycles. The second-order valence-electron chi connectivity index (χ2n) is 2.83. The van der Waals surface area contributed by atoms with Crippen LogP contribution in [0.4, 0.5) is 4.39 Å². The number of aliphatic hydroxyl groups excluding tert-OH is 1. The number of alkyl halides is 1. The van der Waals surface area contributed by atoms with Gasteiger partial charge in [0.25, 0.3) is 0 Å². The van der Waals surface area contributed by atoms with Crippen molar-refractivity contribution < 1.29 is 9.50 Å². The maximum absolute atomic E-state index is 12.7. The van der Waals surface area contributed by atoms with Gasteiger partial charge in [0.2, 0.25) is 0 Å². The third kappa shape index (κ3) is 2.31. The predicted octanol–water partition coefficient (Wildman–Crippen LogP) is 1.65. The monoisotopic (exact) mass is 132 g/mol. The quantitative estimate of drug-likeness (QED) is 0.577. The van der Waals surface area contributed by atoms with E-state index in [4.69, 9.17) is 5.11 Å². The minimum Gasteiger partial charge on any atom is -0.396 e. The molecule has 0 bridgehead atoms. The van der Waals surface area contributed by atoms with Crippen molar-refractivity contribution in [1.82, 2.24) is 0 Å². The SMILES string of the molecule is OCCCCC1(F)CC1. The van der Waals surface area contributed by atoms with Crippen LogP contribution in [-0.2, 0) is 0 Å². The molecule has 0 atom stereocenters. The van der Waals surface area contributed by atoms with E-state index in [1.165, 1.54) is 0 Å². The Morgan fingerprint density at radius 3 is 2.44 bits per heavy atom. The zero-order valence-corrected chi connectivity index (χ0v) is 5.57. The van der Waals surface area contributed by atoms with Gasteiger partial charge in [0.05, 0.1) is 0 Å². The average Bonchev–Trinajstić information content (AvgIpc) is 2.50. The molecule has 1 aliphatic rings.